The first-order valence-electron chi connectivity index (χ1n) is 12.5. The molecule has 3 N–H and O–H groups in total. The van der Waals surface area contributed by atoms with Gasteiger partial charge in [-0.15, -0.1) is 0 Å². The van der Waals surface area contributed by atoms with Crippen molar-refractivity contribution in [2.24, 2.45) is 0 Å². The lowest BCUT2D eigenvalue weighted by Crippen LogP contribution is -2.49. The highest BCUT2D eigenvalue weighted by molar-refractivity contribution is 5.94. The molecule has 0 saturated carbocycles. The minimum atomic E-state index is -4.43. The Morgan fingerprint density at radius 3 is 2.30 bits per heavy atom. The summed E-state index contributed by atoms with van der Waals surface area (Å²) in [6, 6.07) is 8.40. The summed E-state index contributed by atoms with van der Waals surface area (Å²) in [5.41, 5.74) is 2.73. The maximum Gasteiger partial charge on any atom is 0.416 e. The molecule has 1 aliphatic rings. The third-order valence-corrected chi connectivity index (χ3v) is 6.94. The zero-order valence-corrected chi connectivity index (χ0v) is 21.5. The summed E-state index contributed by atoms with van der Waals surface area (Å²) >= 11 is 0. The van der Waals surface area contributed by atoms with Crippen LogP contribution in [0.2, 0.25) is 0 Å². The predicted octanol–water partition coefficient (Wildman–Crippen LogP) is 3.16. The Balaban J connectivity index is 1.56. The summed E-state index contributed by atoms with van der Waals surface area (Å²) in [6.07, 6.45) is -5.12. The van der Waals surface area contributed by atoms with Gasteiger partial charge in [0, 0.05) is 50.9 Å². The topological polar surface area (TPSA) is 85.3 Å². The van der Waals surface area contributed by atoms with Crippen LogP contribution >= 0.6 is 0 Å². The van der Waals surface area contributed by atoms with Crippen LogP contribution in [0.15, 0.2) is 36.4 Å². The van der Waals surface area contributed by atoms with Crippen LogP contribution in [0.4, 0.5) is 13.2 Å². The number of piperazine rings is 1. The number of carbonyl (C=O) groups is 1. The lowest BCUT2D eigenvalue weighted by atomic mass is 9.96. The smallest absolute Gasteiger partial charge is 0.416 e. The number of carbonyl (C=O) groups excluding carboxylic acids is 1. The van der Waals surface area contributed by atoms with E-state index in [-0.39, 0.29) is 30.7 Å². The molecule has 7 nitrogen and oxygen atoms in total. The Labute approximate surface area is 215 Å². The molecule has 1 heterocycles. The van der Waals surface area contributed by atoms with E-state index in [9.17, 15) is 23.1 Å². The number of amides is 1. The number of aliphatic hydroxyl groups is 2. The van der Waals surface area contributed by atoms with Gasteiger partial charge >= 0.3 is 6.18 Å². The van der Waals surface area contributed by atoms with Gasteiger partial charge in [-0.1, -0.05) is 6.07 Å². The van der Waals surface area contributed by atoms with Crippen molar-refractivity contribution in [3.63, 3.8) is 0 Å². The van der Waals surface area contributed by atoms with Crippen molar-refractivity contribution in [1.29, 1.82) is 0 Å². The minimum absolute atomic E-state index is 0.00996. The monoisotopic (exact) mass is 523 g/mol. The van der Waals surface area contributed by atoms with Gasteiger partial charge in [-0.3, -0.25) is 9.69 Å². The van der Waals surface area contributed by atoms with Crippen LogP contribution < -0.4 is 10.1 Å². The van der Waals surface area contributed by atoms with Crippen molar-refractivity contribution in [2.75, 3.05) is 52.5 Å². The number of benzene rings is 2. The number of nitrogens with one attached hydrogen (secondary N) is 1. The van der Waals surface area contributed by atoms with E-state index in [1.165, 1.54) is 12.1 Å². The van der Waals surface area contributed by atoms with Crippen molar-refractivity contribution < 1.29 is 32.9 Å². The molecular weight excluding hydrogens is 487 g/mol. The first-order chi connectivity index (χ1) is 17.5. The second-order valence-corrected chi connectivity index (χ2v) is 9.37. The van der Waals surface area contributed by atoms with E-state index in [0.717, 1.165) is 28.8 Å². The zero-order chi connectivity index (χ0) is 27.2. The fraction of sp³-hybridized carbons (Fsp3) is 0.519. The van der Waals surface area contributed by atoms with Gasteiger partial charge in [-0.25, -0.2) is 0 Å². The maximum atomic E-state index is 12.8. The number of hydrogen-bond acceptors (Lipinski definition) is 6. The van der Waals surface area contributed by atoms with Crippen LogP contribution in [0.1, 0.15) is 45.6 Å². The van der Waals surface area contributed by atoms with Crippen LogP contribution in [0.25, 0.3) is 0 Å². The Kier molecular flexibility index (Phi) is 9.94. The third-order valence-electron chi connectivity index (χ3n) is 6.94. The molecule has 0 spiro atoms. The number of rotatable bonds is 10. The molecule has 1 amide bonds. The molecular formula is C27H36F3N3O4. The molecule has 3 rings (SSSR count). The highest BCUT2D eigenvalue weighted by Gasteiger charge is 2.31. The third kappa shape index (κ3) is 7.44. The lowest BCUT2D eigenvalue weighted by Gasteiger charge is -2.39. The largest absolute Gasteiger partial charge is 0.491 e. The fourth-order valence-electron chi connectivity index (χ4n) is 4.51. The molecule has 10 heteroatoms. The van der Waals surface area contributed by atoms with Gasteiger partial charge in [0.15, 0.2) is 0 Å². The van der Waals surface area contributed by atoms with Crippen molar-refractivity contribution in [2.45, 2.75) is 39.1 Å². The Morgan fingerprint density at radius 1 is 1.05 bits per heavy atom. The van der Waals surface area contributed by atoms with Crippen LogP contribution in [-0.4, -0.2) is 84.5 Å². The predicted molar refractivity (Wildman–Crippen MR) is 135 cm³/mol. The standard InChI is InChI=1S/C27H36F3N3O4/c1-18-19(2)25(37-17-23(35)16-31-10-15-34)9-8-24(18)20(3)32-11-13-33(14-12-32)26(36)21-4-6-22(7-5-21)27(28,29)30/h4-9,20,23,31,34-35H,10-17H2,1-3H3/t20?,23-/m1/s1. The first-order valence-corrected chi connectivity index (χ1v) is 12.5. The van der Waals surface area contributed by atoms with Gasteiger partial charge in [0.1, 0.15) is 18.5 Å². The van der Waals surface area contributed by atoms with E-state index < -0.39 is 17.8 Å². The number of alkyl halides is 3. The van der Waals surface area contributed by atoms with Crippen molar-refractivity contribution in [1.82, 2.24) is 15.1 Å². The number of nitrogens with zero attached hydrogens (tertiary/aromatic N) is 2. The highest BCUT2D eigenvalue weighted by Crippen LogP contribution is 2.32. The van der Waals surface area contributed by atoms with Gasteiger partial charge in [0.2, 0.25) is 0 Å². The molecule has 1 unspecified atom stereocenters. The van der Waals surface area contributed by atoms with Crippen LogP contribution in [0.5, 0.6) is 5.75 Å². The molecule has 37 heavy (non-hydrogen) atoms. The molecule has 204 valence electrons. The Hall–Kier alpha value is -2.66. The zero-order valence-electron chi connectivity index (χ0n) is 21.5. The van der Waals surface area contributed by atoms with Crippen molar-refractivity contribution in [3.8, 4) is 5.75 Å². The average molecular weight is 524 g/mol. The summed E-state index contributed by atoms with van der Waals surface area (Å²) in [7, 11) is 0. The molecule has 0 bridgehead atoms. The number of ether oxygens (including phenoxy) is 1. The van der Waals surface area contributed by atoms with Crippen molar-refractivity contribution in [3.05, 3.63) is 64.2 Å². The fourth-order valence-corrected chi connectivity index (χ4v) is 4.51. The Morgan fingerprint density at radius 2 is 1.70 bits per heavy atom. The van der Waals surface area contributed by atoms with Crippen LogP contribution in [0, 0.1) is 13.8 Å². The molecule has 0 radical (unpaired) electrons. The molecule has 2 aromatic carbocycles. The number of aliphatic hydroxyl groups excluding tert-OH is 2. The lowest BCUT2D eigenvalue weighted by molar-refractivity contribution is -0.137. The van der Waals surface area contributed by atoms with Crippen molar-refractivity contribution >= 4 is 5.91 Å². The number of halogens is 3. The molecule has 2 atom stereocenters. The molecule has 0 aliphatic carbocycles. The molecule has 2 aromatic rings. The first kappa shape index (κ1) is 28.9. The quantitative estimate of drug-likeness (QED) is 0.415. The van der Waals surface area contributed by atoms with E-state index in [0.29, 0.717) is 45.0 Å². The highest BCUT2D eigenvalue weighted by atomic mass is 19.4. The van der Waals surface area contributed by atoms with Gasteiger partial charge in [-0.05, 0) is 67.8 Å². The van der Waals surface area contributed by atoms with E-state index in [1.54, 1.807) is 4.90 Å². The van der Waals surface area contributed by atoms with Crippen LogP contribution in [-0.2, 0) is 6.18 Å². The van der Waals surface area contributed by atoms with Gasteiger partial charge < -0.3 is 25.2 Å². The normalized spacial score (nSPS) is 16.5. The van der Waals surface area contributed by atoms with Crippen LogP contribution in [0.3, 0.4) is 0 Å². The summed E-state index contributed by atoms with van der Waals surface area (Å²) in [5, 5.41) is 21.8. The van der Waals surface area contributed by atoms with E-state index in [4.69, 9.17) is 9.84 Å². The van der Waals surface area contributed by atoms with Gasteiger partial charge in [0.05, 0.1) is 12.2 Å². The Bertz CT molecular complexity index is 1040. The summed E-state index contributed by atoms with van der Waals surface area (Å²) < 4.78 is 44.2. The average Bonchev–Trinajstić information content (AvgIpc) is 2.88. The second-order valence-electron chi connectivity index (χ2n) is 9.37. The molecule has 1 fully saturated rings. The molecule has 1 saturated heterocycles. The second kappa shape index (κ2) is 12.7. The minimum Gasteiger partial charge on any atom is -0.491 e. The summed E-state index contributed by atoms with van der Waals surface area (Å²) in [4.78, 5) is 16.8. The van der Waals surface area contributed by atoms with E-state index in [2.05, 4.69) is 17.1 Å². The molecule has 1 aliphatic heterocycles. The SMILES string of the molecule is Cc1c(OC[C@H](O)CNCCO)ccc(C(C)N2CCN(C(=O)c3ccc(C(F)(F)F)cc3)CC2)c1C. The van der Waals surface area contributed by atoms with Gasteiger partial charge in [-0.2, -0.15) is 13.2 Å². The molecule has 0 aromatic heterocycles. The number of hydrogen-bond donors (Lipinski definition) is 3. The summed E-state index contributed by atoms with van der Waals surface area (Å²) in [5.74, 6) is 0.449. The van der Waals surface area contributed by atoms with E-state index >= 15 is 0 Å². The maximum absolute atomic E-state index is 12.8. The van der Waals surface area contributed by atoms with E-state index in [1.807, 2.05) is 26.0 Å². The van der Waals surface area contributed by atoms with Gasteiger partial charge in [0.25, 0.3) is 5.91 Å². The summed E-state index contributed by atoms with van der Waals surface area (Å²) in [6.45, 7) is 9.33.